The van der Waals surface area contributed by atoms with Gasteiger partial charge in [-0.25, -0.2) is 8.78 Å². The lowest BCUT2D eigenvalue weighted by Crippen LogP contribution is -2.64. The smallest absolute Gasteiger partial charge is 0.137 e. The molecule has 0 atom stereocenters. The molecule has 2 fully saturated rings. The standard InChI is InChI=1S/C12H13F2N/c13-10-3-1-9(2-4-10)12(14)5-11(6-12)7-15-8-11/h1-4,15H,5-8H2. The molecule has 0 aromatic heterocycles. The van der Waals surface area contributed by atoms with Crippen molar-refractivity contribution in [2.24, 2.45) is 5.41 Å². The summed E-state index contributed by atoms with van der Waals surface area (Å²) in [5, 5.41) is 3.18. The normalized spacial score (nSPS) is 25.7. The van der Waals surface area contributed by atoms with Crippen LogP contribution in [-0.2, 0) is 5.67 Å². The Kier molecular flexibility index (Phi) is 1.72. The van der Waals surface area contributed by atoms with E-state index in [9.17, 15) is 8.78 Å². The lowest BCUT2D eigenvalue weighted by atomic mass is 9.55. The second kappa shape index (κ2) is 2.79. The van der Waals surface area contributed by atoms with E-state index in [2.05, 4.69) is 5.32 Å². The van der Waals surface area contributed by atoms with Crippen molar-refractivity contribution < 1.29 is 8.78 Å². The molecule has 0 radical (unpaired) electrons. The maximum Gasteiger partial charge on any atom is 0.137 e. The highest BCUT2D eigenvalue weighted by Crippen LogP contribution is 2.58. The summed E-state index contributed by atoms with van der Waals surface area (Å²) in [5.41, 5.74) is -0.389. The van der Waals surface area contributed by atoms with E-state index in [-0.39, 0.29) is 11.2 Å². The number of hydrogen-bond acceptors (Lipinski definition) is 1. The molecule has 0 bridgehead atoms. The Balaban J connectivity index is 1.80. The number of benzene rings is 1. The fourth-order valence-electron chi connectivity index (χ4n) is 2.82. The van der Waals surface area contributed by atoms with Gasteiger partial charge in [-0.3, -0.25) is 0 Å². The summed E-state index contributed by atoms with van der Waals surface area (Å²) in [7, 11) is 0. The molecule has 0 unspecified atom stereocenters. The van der Waals surface area contributed by atoms with Crippen LogP contribution in [0.15, 0.2) is 24.3 Å². The Morgan fingerprint density at radius 3 is 2.13 bits per heavy atom. The molecule has 1 spiro atoms. The van der Waals surface area contributed by atoms with Crippen molar-refractivity contribution in [3.05, 3.63) is 35.6 Å². The summed E-state index contributed by atoms with van der Waals surface area (Å²) in [6, 6.07) is 5.80. The first-order valence-corrected chi connectivity index (χ1v) is 5.28. The third-order valence-corrected chi connectivity index (χ3v) is 3.67. The van der Waals surface area contributed by atoms with Crippen molar-refractivity contribution in [3.63, 3.8) is 0 Å². The monoisotopic (exact) mass is 209 g/mol. The molecule has 1 heterocycles. The quantitative estimate of drug-likeness (QED) is 0.748. The van der Waals surface area contributed by atoms with Crippen molar-refractivity contribution in [2.45, 2.75) is 18.5 Å². The fourth-order valence-corrected chi connectivity index (χ4v) is 2.82. The first-order chi connectivity index (χ1) is 7.12. The Labute approximate surface area is 87.5 Å². The third kappa shape index (κ3) is 1.29. The van der Waals surface area contributed by atoms with Gasteiger partial charge in [0.1, 0.15) is 11.5 Å². The molecular weight excluding hydrogens is 196 g/mol. The van der Waals surface area contributed by atoms with Crippen LogP contribution in [0.2, 0.25) is 0 Å². The molecule has 80 valence electrons. The van der Waals surface area contributed by atoms with E-state index in [1.54, 1.807) is 12.1 Å². The molecule has 1 aromatic rings. The van der Waals surface area contributed by atoms with Gasteiger partial charge in [0, 0.05) is 18.5 Å². The number of halogens is 2. The number of rotatable bonds is 1. The van der Waals surface area contributed by atoms with Crippen LogP contribution >= 0.6 is 0 Å². The van der Waals surface area contributed by atoms with Crippen molar-refractivity contribution in [2.75, 3.05) is 13.1 Å². The topological polar surface area (TPSA) is 12.0 Å². The van der Waals surface area contributed by atoms with Gasteiger partial charge in [-0.1, -0.05) is 12.1 Å². The van der Waals surface area contributed by atoms with Gasteiger partial charge in [0.25, 0.3) is 0 Å². The summed E-state index contributed by atoms with van der Waals surface area (Å²) in [4.78, 5) is 0. The van der Waals surface area contributed by atoms with E-state index < -0.39 is 5.67 Å². The van der Waals surface area contributed by atoms with Crippen LogP contribution in [0.4, 0.5) is 8.78 Å². The van der Waals surface area contributed by atoms with Gasteiger partial charge in [-0.05, 0) is 30.5 Å². The summed E-state index contributed by atoms with van der Waals surface area (Å²) in [6.45, 7) is 1.86. The second-order valence-corrected chi connectivity index (χ2v) is 4.93. The van der Waals surface area contributed by atoms with Crippen molar-refractivity contribution in [1.29, 1.82) is 0 Å². The third-order valence-electron chi connectivity index (χ3n) is 3.67. The predicted molar refractivity (Wildman–Crippen MR) is 53.7 cm³/mol. The van der Waals surface area contributed by atoms with Crippen molar-refractivity contribution >= 4 is 0 Å². The van der Waals surface area contributed by atoms with Gasteiger partial charge in [-0.15, -0.1) is 0 Å². The van der Waals surface area contributed by atoms with Gasteiger partial charge in [-0.2, -0.15) is 0 Å². The van der Waals surface area contributed by atoms with Crippen LogP contribution in [0.5, 0.6) is 0 Å². The van der Waals surface area contributed by atoms with Crippen molar-refractivity contribution in [1.82, 2.24) is 5.32 Å². The van der Waals surface area contributed by atoms with Crippen LogP contribution in [-0.4, -0.2) is 13.1 Å². The van der Waals surface area contributed by atoms with Crippen LogP contribution in [0.1, 0.15) is 18.4 Å². The van der Waals surface area contributed by atoms with Crippen molar-refractivity contribution in [3.8, 4) is 0 Å². The Morgan fingerprint density at radius 1 is 1.07 bits per heavy atom. The molecule has 1 N–H and O–H groups in total. The highest BCUT2D eigenvalue weighted by molar-refractivity contribution is 5.29. The summed E-state index contributed by atoms with van der Waals surface area (Å²) >= 11 is 0. The van der Waals surface area contributed by atoms with Gasteiger partial charge >= 0.3 is 0 Å². The Bertz CT molecular complexity index is 373. The fraction of sp³-hybridized carbons (Fsp3) is 0.500. The zero-order valence-electron chi connectivity index (χ0n) is 8.39. The van der Waals surface area contributed by atoms with Gasteiger partial charge in [0.05, 0.1) is 0 Å². The zero-order chi connectivity index (χ0) is 10.5. The maximum absolute atomic E-state index is 14.3. The van der Waals surface area contributed by atoms with E-state index in [1.165, 1.54) is 12.1 Å². The van der Waals surface area contributed by atoms with Crippen LogP contribution in [0.25, 0.3) is 0 Å². The second-order valence-electron chi connectivity index (χ2n) is 4.93. The first kappa shape index (κ1) is 9.28. The average molecular weight is 209 g/mol. The molecule has 15 heavy (non-hydrogen) atoms. The van der Waals surface area contributed by atoms with Gasteiger partial charge < -0.3 is 5.32 Å². The minimum Gasteiger partial charge on any atom is -0.316 e. The minimum atomic E-state index is -1.21. The largest absolute Gasteiger partial charge is 0.316 e. The Hall–Kier alpha value is -0.960. The molecule has 1 saturated heterocycles. The number of nitrogens with one attached hydrogen (secondary N) is 1. The molecule has 1 aliphatic heterocycles. The molecular formula is C12H13F2N. The maximum atomic E-state index is 14.3. The highest BCUT2D eigenvalue weighted by atomic mass is 19.1. The average Bonchev–Trinajstić information content (AvgIpc) is 2.11. The van der Waals surface area contributed by atoms with E-state index in [4.69, 9.17) is 0 Å². The predicted octanol–water partition coefficient (Wildman–Crippen LogP) is 2.37. The number of alkyl halides is 1. The van der Waals surface area contributed by atoms with Crippen LogP contribution < -0.4 is 5.32 Å². The van der Waals surface area contributed by atoms with Crippen LogP contribution in [0.3, 0.4) is 0 Å². The minimum absolute atomic E-state index is 0.198. The van der Waals surface area contributed by atoms with E-state index in [0.717, 1.165) is 13.1 Å². The lowest BCUT2D eigenvalue weighted by Gasteiger charge is -2.57. The summed E-state index contributed by atoms with van der Waals surface area (Å²) < 4.78 is 27.0. The molecule has 3 rings (SSSR count). The van der Waals surface area contributed by atoms with Gasteiger partial charge in [0.15, 0.2) is 0 Å². The number of hydrogen-bond donors (Lipinski definition) is 1. The molecule has 1 nitrogen and oxygen atoms in total. The van der Waals surface area contributed by atoms with E-state index >= 15 is 0 Å². The van der Waals surface area contributed by atoms with Crippen LogP contribution in [0, 0.1) is 11.2 Å². The molecule has 1 aliphatic carbocycles. The first-order valence-electron chi connectivity index (χ1n) is 5.28. The lowest BCUT2D eigenvalue weighted by molar-refractivity contribution is -0.102. The summed E-state index contributed by atoms with van der Waals surface area (Å²) in [5.74, 6) is -0.304. The SMILES string of the molecule is Fc1ccc(C2(F)CC3(CNC3)C2)cc1. The zero-order valence-corrected chi connectivity index (χ0v) is 8.39. The Morgan fingerprint density at radius 2 is 1.67 bits per heavy atom. The molecule has 1 saturated carbocycles. The molecule has 0 amide bonds. The van der Waals surface area contributed by atoms with E-state index in [0.29, 0.717) is 18.4 Å². The van der Waals surface area contributed by atoms with Gasteiger partial charge in [0.2, 0.25) is 0 Å². The molecule has 1 aromatic carbocycles. The molecule has 3 heteroatoms. The van der Waals surface area contributed by atoms with E-state index in [1.807, 2.05) is 0 Å². The molecule has 2 aliphatic rings. The summed E-state index contributed by atoms with van der Waals surface area (Å²) in [6.07, 6.45) is 1.16. The highest BCUT2D eigenvalue weighted by Gasteiger charge is 2.58.